The molecule has 142 valence electrons. The van der Waals surface area contributed by atoms with Gasteiger partial charge in [0.1, 0.15) is 11.6 Å². The van der Waals surface area contributed by atoms with E-state index in [1.807, 2.05) is 37.3 Å². The lowest BCUT2D eigenvalue weighted by Gasteiger charge is -2.10. The highest BCUT2D eigenvalue weighted by Crippen LogP contribution is 2.10. The van der Waals surface area contributed by atoms with Crippen molar-refractivity contribution in [3.05, 3.63) is 65.7 Å². The molecule has 0 radical (unpaired) electrons. The van der Waals surface area contributed by atoms with Gasteiger partial charge in [0, 0.05) is 31.5 Å². The van der Waals surface area contributed by atoms with Crippen molar-refractivity contribution in [2.45, 2.75) is 19.6 Å². The highest BCUT2D eigenvalue weighted by molar-refractivity contribution is 7.88. The summed E-state index contributed by atoms with van der Waals surface area (Å²) in [6.45, 7) is 4.40. The number of benzene rings is 1. The first-order valence-electron chi connectivity index (χ1n) is 8.54. The molecule has 0 amide bonds. The molecule has 0 saturated heterocycles. The van der Waals surface area contributed by atoms with Crippen LogP contribution in [0.15, 0.2) is 48.8 Å². The summed E-state index contributed by atoms with van der Waals surface area (Å²) < 4.78 is 28.7. The Bertz CT molecular complexity index is 1000. The molecule has 27 heavy (non-hydrogen) atoms. The fourth-order valence-electron chi connectivity index (χ4n) is 2.63. The van der Waals surface area contributed by atoms with Crippen molar-refractivity contribution in [2.24, 2.45) is 0 Å². The van der Waals surface area contributed by atoms with Gasteiger partial charge in [-0.15, -0.1) is 0 Å². The average Bonchev–Trinajstić information content (AvgIpc) is 3.13. The molecule has 2 heterocycles. The molecule has 0 saturated carbocycles. The van der Waals surface area contributed by atoms with Gasteiger partial charge in [-0.2, -0.15) is 5.10 Å². The maximum absolute atomic E-state index is 12.2. The summed E-state index contributed by atoms with van der Waals surface area (Å²) in [5, 5.41) is 7.26. The maximum atomic E-state index is 12.2. The van der Waals surface area contributed by atoms with E-state index >= 15 is 0 Å². The van der Waals surface area contributed by atoms with Crippen LogP contribution in [0, 0.1) is 13.8 Å². The van der Waals surface area contributed by atoms with Crippen molar-refractivity contribution in [3.63, 3.8) is 0 Å². The second-order valence-electron chi connectivity index (χ2n) is 6.18. The Hall–Kier alpha value is -2.78. The molecule has 3 aromatic rings. The van der Waals surface area contributed by atoms with Crippen molar-refractivity contribution in [1.82, 2.24) is 24.5 Å². The lowest BCUT2D eigenvalue weighted by atomic mass is 10.2. The molecule has 0 aliphatic rings. The smallest absolute Gasteiger partial charge is 0.215 e. The van der Waals surface area contributed by atoms with E-state index in [0.717, 1.165) is 11.1 Å². The van der Waals surface area contributed by atoms with E-state index in [4.69, 9.17) is 0 Å². The van der Waals surface area contributed by atoms with E-state index in [9.17, 15) is 8.42 Å². The maximum Gasteiger partial charge on any atom is 0.215 e. The third-order valence-corrected chi connectivity index (χ3v) is 5.11. The number of nitrogens with zero attached hydrogens (tertiary/aromatic N) is 4. The molecule has 3 rings (SSSR count). The number of anilines is 1. The zero-order valence-corrected chi connectivity index (χ0v) is 16.1. The molecule has 2 N–H and O–H groups in total. The van der Waals surface area contributed by atoms with Crippen LogP contribution in [0.3, 0.4) is 0 Å². The summed E-state index contributed by atoms with van der Waals surface area (Å²) in [5.41, 5.74) is 1.81. The molecule has 1 aromatic carbocycles. The molecule has 9 heteroatoms. The Balaban J connectivity index is 1.54. The van der Waals surface area contributed by atoms with Crippen LogP contribution in [-0.4, -0.2) is 41.3 Å². The zero-order chi connectivity index (χ0) is 19.3. The molecule has 0 unspecified atom stereocenters. The van der Waals surface area contributed by atoms with Crippen LogP contribution in [0.2, 0.25) is 0 Å². The Morgan fingerprint density at radius 2 is 1.93 bits per heavy atom. The van der Waals surface area contributed by atoms with Gasteiger partial charge in [-0.05, 0) is 25.5 Å². The van der Waals surface area contributed by atoms with Crippen molar-refractivity contribution in [2.75, 3.05) is 18.4 Å². The number of hydrogen-bond acceptors (Lipinski definition) is 6. The van der Waals surface area contributed by atoms with E-state index in [0.29, 0.717) is 24.0 Å². The summed E-state index contributed by atoms with van der Waals surface area (Å²) in [5.74, 6) is 1.83. The van der Waals surface area contributed by atoms with Crippen LogP contribution in [-0.2, 0) is 15.8 Å². The molecule has 0 fully saturated rings. The van der Waals surface area contributed by atoms with E-state index in [2.05, 4.69) is 25.1 Å². The molecular formula is C18H22N6O2S. The van der Waals surface area contributed by atoms with E-state index < -0.39 is 10.0 Å². The van der Waals surface area contributed by atoms with Gasteiger partial charge in [-0.25, -0.2) is 27.8 Å². The molecule has 0 spiro atoms. The number of aryl methyl sites for hydroxylation is 2. The minimum absolute atomic E-state index is 0.0370. The first kappa shape index (κ1) is 19.0. The van der Waals surface area contributed by atoms with Crippen molar-refractivity contribution in [3.8, 4) is 5.82 Å². The van der Waals surface area contributed by atoms with Crippen molar-refractivity contribution >= 4 is 15.8 Å². The number of nitrogens with one attached hydrogen (secondary N) is 2. The van der Waals surface area contributed by atoms with Gasteiger partial charge in [0.15, 0.2) is 5.82 Å². The predicted octanol–water partition coefficient (Wildman–Crippen LogP) is 1.81. The Morgan fingerprint density at radius 3 is 2.67 bits per heavy atom. The van der Waals surface area contributed by atoms with Crippen LogP contribution in [0.25, 0.3) is 5.82 Å². The highest BCUT2D eigenvalue weighted by atomic mass is 32.2. The van der Waals surface area contributed by atoms with Crippen LogP contribution < -0.4 is 10.0 Å². The van der Waals surface area contributed by atoms with Gasteiger partial charge in [-0.3, -0.25) is 0 Å². The Morgan fingerprint density at radius 1 is 1.07 bits per heavy atom. The molecule has 0 bridgehead atoms. The van der Waals surface area contributed by atoms with Gasteiger partial charge in [0.25, 0.3) is 0 Å². The lowest BCUT2D eigenvalue weighted by molar-refractivity contribution is 0.582. The summed E-state index contributed by atoms with van der Waals surface area (Å²) in [4.78, 5) is 8.65. The zero-order valence-electron chi connectivity index (χ0n) is 15.3. The van der Waals surface area contributed by atoms with Crippen LogP contribution in [0.5, 0.6) is 0 Å². The van der Waals surface area contributed by atoms with Crippen LogP contribution in [0.1, 0.15) is 17.0 Å². The first-order chi connectivity index (χ1) is 12.9. The van der Waals surface area contributed by atoms with E-state index in [-0.39, 0.29) is 12.3 Å². The summed E-state index contributed by atoms with van der Waals surface area (Å²) in [6.07, 6.45) is 3.47. The van der Waals surface area contributed by atoms with Gasteiger partial charge in [0.05, 0.1) is 5.75 Å². The first-order valence-corrected chi connectivity index (χ1v) is 10.2. The predicted molar refractivity (Wildman–Crippen MR) is 104 cm³/mol. The Kier molecular flexibility index (Phi) is 5.82. The van der Waals surface area contributed by atoms with Gasteiger partial charge < -0.3 is 5.32 Å². The van der Waals surface area contributed by atoms with Crippen LogP contribution in [0.4, 0.5) is 5.82 Å². The fourth-order valence-corrected chi connectivity index (χ4v) is 3.77. The number of rotatable bonds is 8. The van der Waals surface area contributed by atoms with Crippen molar-refractivity contribution in [1.29, 1.82) is 0 Å². The summed E-state index contributed by atoms with van der Waals surface area (Å²) in [6, 6.07) is 11.1. The number of sulfonamides is 1. The second-order valence-corrected chi connectivity index (χ2v) is 7.99. The lowest BCUT2D eigenvalue weighted by Crippen LogP contribution is -2.30. The highest BCUT2D eigenvalue weighted by Gasteiger charge is 2.11. The van der Waals surface area contributed by atoms with E-state index in [1.54, 1.807) is 30.1 Å². The summed E-state index contributed by atoms with van der Waals surface area (Å²) >= 11 is 0. The monoisotopic (exact) mass is 386 g/mol. The van der Waals surface area contributed by atoms with Crippen LogP contribution >= 0.6 is 0 Å². The SMILES string of the molecule is Cc1cccc(CS(=O)(=O)NCCNc2cc(-n3cccn3)nc(C)n2)c1. The minimum Gasteiger partial charge on any atom is -0.369 e. The largest absolute Gasteiger partial charge is 0.369 e. The normalized spacial score (nSPS) is 11.5. The van der Waals surface area contributed by atoms with Gasteiger partial charge >= 0.3 is 0 Å². The number of aromatic nitrogens is 4. The topological polar surface area (TPSA) is 102 Å². The van der Waals surface area contributed by atoms with Gasteiger partial charge in [-0.1, -0.05) is 29.8 Å². The van der Waals surface area contributed by atoms with Gasteiger partial charge in [0.2, 0.25) is 10.0 Å². The molecule has 8 nitrogen and oxygen atoms in total. The third kappa shape index (κ3) is 5.60. The molecule has 0 atom stereocenters. The minimum atomic E-state index is -3.39. The average molecular weight is 386 g/mol. The fraction of sp³-hybridized carbons (Fsp3) is 0.278. The molecule has 2 aromatic heterocycles. The van der Waals surface area contributed by atoms with Crippen molar-refractivity contribution < 1.29 is 8.42 Å². The number of hydrogen-bond donors (Lipinski definition) is 2. The Labute approximate surface area is 158 Å². The molecule has 0 aliphatic carbocycles. The summed E-state index contributed by atoms with van der Waals surface area (Å²) in [7, 11) is -3.39. The second kappa shape index (κ2) is 8.28. The molecule has 0 aliphatic heterocycles. The standard InChI is InChI=1S/C18H22N6O2S/c1-14-5-3-6-16(11-14)13-27(25,26)21-9-8-19-17-12-18(23-15(2)22-17)24-10-4-7-20-24/h3-7,10-12,21H,8-9,13H2,1-2H3,(H,19,22,23). The molecular weight excluding hydrogens is 364 g/mol. The van der Waals surface area contributed by atoms with E-state index in [1.165, 1.54) is 0 Å². The third-order valence-electron chi connectivity index (χ3n) is 3.76. The quantitative estimate of drug-likeness (QED) is 0.573.